The molecule has 0 saturated heterocycles. The van der Waals surface area contributed by atoms with Crippen molar-refractivity contribution >= 4 is 47.5 Å². The lowest BCUT2D eigenvalue weighted by Crippen LogP contribution is -2.38. The van der Waals surface area contributed by atoms with Gasteiger partial charge >= 0.3 is 5.97 Å². The van der Waals surface area contributed by atoms with Crippen molar-refractivity contribution < 1.29 is 9.53 Å². The molecule has 0 amide bonds. The first-order valence-corrected chi connectivity index (χ1v) is 7.37. The number of carbonyl (C=O) groups excluding carboxylic acids is 1. The van der Waals surface area contributed by atoms with E-state index in [1.54, 1.807) is 0 Å². The Morgan fingerprint density at radius 3 is 2.68 bits per heavy atom. The molecule has 0 saturated carbocycles. The molecule has 0 radical (unpaired) electrons. The average molecular weight is 440 g/mol. The Morgan fingerprint density at radius 1 is 1.32 bits per heavy atom. The summed E-state index contributed by atoms with van der Waals surface area (Å²) in [7, 11) is 1.37. The van der Waals surface area contributed by atoms with Gasteiger partial charge in [0.25, 0.3) is 0 Å². The number of halogens is 2. The number of methoxy groups -OCH3 is 1. The SMILES string of the molecule is CCNC(=NCCC(=O)OC)NCCc1ccccc1Cl.I. The molecule has 0 atom stereocenters. The average Bonchev–Trinajstić information content (AvgIpc) is 2.49. The van der Waals surface area contributed by atoms with Gasteiger partial charge in [-0.05, 0) is 25.0 Å². The summed E-state index contributed by atoms with van der Waals surface area (Å²) in [5.41, 5.74) is 1.09. The number of benzene rings is 1. The number of esters is 1. The summed E-state index contributed by atoms with van der Waals surface area (Å²) >= 11 is 6.11. The predicted octanol–water partition coefficient (Wildman–Crippen LogP) is 2.62. The quantitative estimate of drug-likeness (QED) is 0.297. The van der Waals surface area contributed by atoms with Crippen LogP contribution in [0, 0.1) is 0 Å². The molecule has 0 heterocycles. The highest BCUT2D eigenvalue weighted by molar-refractivity contribution is 14.0. The van der Waals surface area contributed by atoms with Crippen LogP contribution < -0.4 is 10.6 Å². The molecule has 0 unspecified atom stereocenters. The summed E-state index contributed by atoms with van der Waals surface area (Å²) in [4.78, 5) is 15.4. The summed E-state index contributed by atoms with van der Waals surface area (Å²) in [6.07, 6.45) is 1.08. The minimum atomic E-state index is -0.259. The highest BCUT2D eigenvalue weighted by atomic mass is 127. The van der Waals surface area contributed by atoms with Gasteiger partial charge in [-0.2, -0.15) is 0 Å². The lowest BCUT2D eigenvalue weighted by atomic mass is 10.1. The normalized spacial score (nSPS) is 10.6. The molecule has 7 heteroatoms. The fraction of sp³-hybridized carbons (Fsp3) is 0.467. The number of hydrogen-bond donors (Lipinski definition) is 2. The van der Waals surface area contributed by atoms with Crippen molar-refractivity contribution in [3.63, 3.8) is 0 Å². The molecule has 2 N–H and O–H groups in total. The van der Waals surface area contributed by atoms with Gasteiger partial charge in [-0.1, -0.05) is 29.8 Å². The Hall–Kier alpha value is -1.02. The molecule has 0 fully saturated rings. The van der Waals surface area contributed by atoms with E-state index >= 15 is 0 Å². The van der Waals surface area contributed by atoms with Crippen LogP contribution in [0.15, 0.2) is 29.3 Å². The van der Waals surface area contributed by atoms with Gasteiger partial charge in [-0.25, -0.2) is 0 Å². The maximum absolute atomic E-state index is 11.0. The minimum absolute atomic E-state index is 0. The van der Waals surface area contributed by atoms with E-state index in [2.05, 4.69) is 20.4 Å². The zero-order valence-electron chi connectivity index (χ0n) is 12.9. The molecular formula is C15H23ClIN3O2. The lowest BCUT2D eigenvalue weighted by molar-refractivity contribution is -0.140. The number of nitrogens with one attached hydrogen (secondary N) is 2. The Bertz CT molecular complexity index is 484. The summed E-state index contributed by atoms with van der Waals surface area (Å²) in [5, 5.41) is 7.12. The van der Waals surface area contributed by atoms with Gasteiger partial charge in [-0.15, -0.1) is 24.0 Å². The number of carbonyl (C=O) groups is 1. The molecule has 1 aromatic carbocycles. The van der Waals surface area contributed by atoms with Crippen LogP contribution in [0.25, 0.3) is 0 Å². The second-order valence-electron chi connectivity index (χ2n) is 4.35. The number of ether oxygens (including phenoxy) is 1. The molecule has 1 aromatic rings. The highest BCUT2D eigenvalue weighted by Gasteiger charge is 2.02. The van der Waals surface area contributed by atoms with Gasteiger partial charge in [0.05, 0.1) is 20.1 Å². The Labute approximate surface area is 153 Å². The van der Waals surface area contributed by atoms with E-state index in [4.69, 9.17) is 11.6 Å². The lowest BCUT2D eigenvalue weighted by Gasteiger charge is -2.11. The zero-order chi connectivity index (χ0) is 15.5. The molecule has 0 aromatic heterocycles. The van der Waals surface area contributed by atoms with E-state index in [1.807, 2.05) is 31.2 Å². The number of rotatable bonds is 7. The fourth-order valence-corrected chi connectivity index (χ4v) is 1.95. The maximum atomic E-state index is 11.0. The molecular weight excluding hydrogens is 417 g/mol. The third-order valence-corrected chi connectivity index (χ3v) is 3.17. The molecule has 0 bridgehead atoms. The zero-order valence-corrected chi connectivity index (χ0v) is 16.0. The fourth-order valence-electron chi connectivity index (χ4n) is 1.72. The van der Waals surface area contributed by atoms with Crippen molar-refractivity contribution in [2.24, 2.45) is 4.99 Å². The molecule has 0 aliphatic carbocycles. The Morgan fingerprint density at radius 2 is 2.05 bits per heavy atom. The maximum Gasteiger partial charge on any atom is 0.307 e. The van der Waals surface area contributed by atoms with E-state index < -0.39 is 0 Å². The number of hydrogen-bond acceptors (Lipinski definition) is 3. The van der Waals surface area contributed by atoms with Gasteiger partial charge in [-0.3, -0.25) is 9.79 Å². The van der Waals surface area contributed by atoms with Gasteiger partial charge in [0.2, 0.25) is 0 Å². The standard InChI is InChI=1S/C15H22ClN3O2.HI/c1-3-17-15(19-11-9-14(20)21-2)18-10-8-12-6-4-5-7-13(12)16;/h4-7H,3,8-11H2,1-2H3,(H2,17,18,19);1H. The van der Waals surface area contributed by atoms with Crippen LogP contribution in [-0.4, -0.2) is 38.7 Å². The monoisotopic (exact) mass is 439 g/mol. The van der Waals surface area contributed by atoms with Gasteiger partial charge in [0.1, 0.15) is 0 Å². The first kappa shape index (κ1) is 21.0. The minimum Gasteiger partial charge on any atom is -0.469 e. The topological polar surface area (TPSA) is 62.7 Å². The van der Waals surface area contributed by atoms with Crippen LogP contribution in [0.3, 0.4) is 0 Å². The third-order valence-electron chi connectivity index (χ3n) is 2.80. The molecule has 124 valence electrons. The molecule has 0 spiro atoms. The largest absolute Gasteiger partial charge is 0.469 e. The van der Waals surface area contributed by atoms with E-state index in [0.29, 0.717) is 19.0 Å². The number of nitrogens with zero attached hydrogens (tertiary/aromatic N) is 1. The Kier molecular flexibility index (Phi) is 11.9. The van der Waals surface area contributed by atoms with Crippen molar-refractivity contribution in [2.75, 3.05) is 26.7 Å². The molecule has 0 aliphatic rings. The van der Waals surface area contributed by atoms with Crippen LogP contribution in [0.1, 0.15) is 18.9 Å². The molecule has 1 rings (SSSR count). The van der Waals surface area contributed by atoms with E-state index in [0.717, 1.165) is 23.6 Å². The highest BCUT2D eigenvalue weighted by Crippen LogP contribution is 2.14. The number of aliphatic imine (C=N–C) groups is 1. The Balaban J connectivity index is 0.00000441. The first-order valence-electron chi connectivity index (χ1n) is 6.99. The van der Waals surface area contributed by atoms with Crippen LogP contribution in [0.4, 0.5) is 0 Å². The molecule has 22 heavy (non-hydrogen) atoms. The second-order valence-corrected chi connectivity index (χ2v) is 4.76. The van der Waals surface area contributed by atoms with Gasteiger partial charge in [0, 0.05) is 18.1 Å². The second kappa shape index (κ2) is 12.5. The van der Waals surface area contributed by atoms with Crippen molar-refractivity contribution in [2.45, 2.75) is 19.8 Å². The summed E-state index contributed by atoms with van der Waals surface area (Å²) < 4.78 is 4.58. The van der Waals surface area contributed by atoms with Gasteiger partial charge in [0.15, 0.2) is 5.96 Å². The summed E-state index contributed by atoms with van der Waals surface area (Å²) in [5.74, 6) is 0.430. The van der Waals surface area contributed by atoms with E-state index in [9.17, 15) is 4.79 Å². The molecule has 5 nitrogen and oxygen atoms in total. The van der Waals surface area contributed by atoms with E-state index in [-0.39, 0.29) is 36.4 Å². The van der Waals surface area contributed by atoms with E-state index in [1.165, 1.54) is 7.11 Å². The van der Waals surface area contributed by atoms with Crippen molar-refractivity contribution in [3.8, 4) is 0 Å². The van der Waals surface area contributed by atoms with Crippen molar-refractivity contribution in [3.05, 3.63) is 34.9 Å². The first-order chi connectivity index (χ1) is 10.2. The summed E-state index contributed by atoms with van der Waals surface area (Å²) in [6.45, 7) is 3.86. The summed E-state index contributed by atoms with van der Waals surface area (Å²) in [6, 6.07) is 7.77. The third kappa shape index (κ3) is 8.43. The van der Waals surface area contributed by atoms with Crippen molar-refractivity contribution in [1.82, 2.24) is 10.6 Å². The smallest absolute Gasteiger partial charge is 0.307 e. The molecule has 0 aliphatic heterocycles. The van der Waals surface area contributed by atoms with Crippen LogP contribution in [0.2, 0.25) is 5.02 Å². The predicted molar refractivity (Wildman–Crippen MR) is 101 cm³/mol. The number of guanidine groups is 1. The van der Waals surface area contributed by atoms with Crippen LogP contribution in [-0.2, 0) is 16.0 Å². The van der Waals surface area contributed by atoms with Crippen LogP contribution >= 0.6 is 35.6 Å². The van der Waals surface area contributed by atoms with Gasteiger partial charge < -0.3 is 15.4 Å². The van der Waals surface area contributed by atoms with Crippen LogP contribution in [0.5, 0.6) is 0 Å². The van der Waals surface area contributed by atoms with Crippen molar-refractivity contribution in [1.29, 1.82) is 0 Å².